The Morgan fingerprint density at radius 2 is 2.26 bits per heavy atom. The second-order valence-corrected chi connectivity index (χ2v) is 7.16. The molecule has 0 aliphatic heterocycles. The van der Waals surface area contributed by atoms with Gasteiger partial charge in [0.25, 0.3) is 10.0 Å². The fourth-order valence-corrected chi connectivity index (χ4v) is 3.84. The summed E-state index contributed by atoms with van der Waals surface area (Å²) in [6.07, 6.45) is 0.683. The number of rotatable bonds is 8. The molecular formula is C11H18N2O4S2. The molecule has 1 aromatic rings. The molecule has 108 valence electrons. The number of aliphatic hydroxyl groups excluding tert-OH is 1. The van der Waals surface area contributed by atoms with Crippen molar-refractivity contribution in [1.29, 1.82) is 0 Å². The third-order valence-corrected chi connectivity index (χ3v) is 5.70. The van der Waals surface area contributed by atoms with Gasteiger partial charge in [0.1, 0.15) is 4.21 Å². The van der Waals surface area contributed by atoms with E-state index >= 15 is 0 Å². The number of thiophene rings is 1. The van der Waals surface area contributed by atoms with E-state index in [9.17, 15) is 13.2 Å². The Balaban J connectivity index is 2.40. The molecular weight excluding hydrogens is 288 g/mol. The molecule has 1 amide bonds. The second-order valence-electron chi connectivity index (χ2n) is 3.94. The minimum Gasteiger partial charge on any atom is -0.395 e. The van der Waals surface area contributed by atoms with Gasteiger partial charge in [0, 0.05) is 26.6 Å². The lowest BCUT2D eigenvalue weighted by atomic mass is 10.3. The minimum atomic E-state index is -3.43. The van der Waals surface area contributed by atoms with Crippen molar-refractivity contribution in [3.05, 3.63) is 17.5 Å². The number of sulfonamides is 1. The summed E-state index contributed by atoms with van der Waals surface area (Å²) in [5.74, 6) is -0.184. The van der Waals surface area contributed by atoms with Gasteiger partial charge in [0.15, 0.2) is 0 Å². The fraction of sp³-hybridized carbons (Fsp3) is 0.545. The maximum absolute atomic E-state index is 12.0. The fourth-order valence-electron chi connectivity index (χ4n) is 1.43. The first-order chi connectivity index (χ1) is 8.98. The summed E-state index contributed by atoms with van der Waals surface area (Å²) >= 11 is 1.17. The summed E-state index contributed by atoms with van der Waals surface area (Å²) < 4.78 is 25.6. The Bertz CT molecular complexity index is 485. The SMILES string of the molecule is CN(CCCC(=O)NCCO)S(=O)(=O)c1cccs1. The van der Waals surface area contributed by atoms with Crippen LogP contribution in [0.2, 0.25) is 0 Å². The van der Waals surface area contributed by atoms with Crippen molar-refractivity contribution in [2.45, 2.75) is 17.1 Å². The monoisotopic (exact) mass is 306 g/mol. The van der Waals surface area contributed by atoms with Crippen molar-refractivity contribution in [3.8, 4) is 0 Å². The molecule has 6 nitrogen and oxygen atoms in total. The molecule has 0 aliphatic carbocycles. The zero-order valence-corrected chi connectivity index (χ0v) is 12.3. The van der Waals surface area contributed by atoms with Gasteiger partial charge < -0.3 is 10.4 Å². The topological polar surface area (TPSA) is 86.7 Å². The predicted octanol–water partition coefficient (Wildman–Crippen LogP) is 0.257. The number of hydrogen-bond acceptors (Lipinski definition) is 5. The molecule has 0 aliphatic rings. The summed E-state index contributed by atoms with van der Waals surface area (Å²) in [6.45, 7) is 0.410. The second kappa shape index (κ2) is 7.59. The number of nitrogens with one attached hydrogen (secondary N) is 1. The van der Waals surface area contributed by atoms with Crippen LogP contribution < -0.4 is 5.32 Å². The molecule has 1 rings (SSSR count). The zero-order valence-electron chi connectivity index (χ0n) is 10.7. The molecule has 0 aromatic carbocycles. The zero-order chi connectivity index (χ0) is 14.3. The molecule has 0 saturated heterocycles. The van der Waals surface area contributed by atoms with Gasteiger partial charge in [-0.2, -0.15) is 0 Å². The lowest BCUT2D eigenvalue weighted by Crippen LogP contribution is -2.30. The van der Waals surface area contributed by atoms with Crippen LogP contribution in [0.25, 0.3) is 0 Å². The first kappa shape index (κ1) is 16.1. The number of carbonyl (C=O) groups is 1. The van der Waals surface area contributed by atoms with Crippen molar-refractivity contribution in [2.75, 3.05) is 26.7 Å². The van der Waals surface area contributed by atoms with E-state index in [1.165, 1.54) is 22.7 Å². The van der Waals surface area contributed by atoms with E-state index in [4.69, 9.17) is 5.11 Å². The Morgan fingerprint density at radius 3 is 2.84 bits per heavy atom. The number of amides is 1. The van der Waals surface area contributed by atoms with Gasteiger partial charge in [0.05, 0.1) is 6.61 Å². The highest BCUT2D eigenvalue weighted by Crippen LogP contribution is 2.19. The number of aliphatic hydroxyl groups is 1. The smallest absolute Gasteiger partial charge is 0.252 e. The molecule has 19 heavy (non-hydrogen) atoms. The average Bonchev–Trinajstić information content (AvgIpc) is 2.90. The van der Waals surface area contributed by atoms with Gasteiger partial charge in [-0.3, -0.25) is 4.79 Å². The lowest BCUT2D eigenvalue weighted by Gasteiger charge is -2.15. The highest BCUT2D eigenvalue weighted by atomic mass is 32.2. The molecule has 1 heterocycles. The molecule has 0 bridgehead atoms. The summed E-state index contributed by atoms with van der Waals surface area (Å²) in [5, 5.41) is 12.8. The van der Waals surface area contributed by atoms with Gasteiger partial charge in [0.2, 0.25) is 5.91 Å². The lowest BCUT2D eigenvalue weighted by molar-refractivity contribution is -0.121. The van der Waals surface area contributed by atoms with Gasteiger partial charge in [-0.05, 0) is 17.9 Å². The van der Waals surface area contributed by atoms with Crippen molar-refractivity contribution < 1.29 is 18.3 Å². The first-order valence-electron chi connectivity index (χ1n) is 5.86. The van der Waals surface area contributed by atoms with Gasteiger partial charge >= 0.3 is 0 Å². The largest absolute Gasteiger partial charge is 0.395 e. The minimum absolute atomic E-state index is 0.0988. The quantitative estimate of drug-likeness (QED) is 0.721. The summed E-state index contributed by atoms with van der Waals surface area (Å²) in [5.41, 5.74) is 0. The van der Waals surface area contributed by atoms with Crippen LogP contribution in [-0.4, -0.2) is 50.5 Å². The summed E-state index contributed by atoms with van der Waals surface area (Å²) in [6, 6.07) is 3.25. The average molecular weight is 306 g/mol. The number of carbonyl (C=O) groups excluding carboxylic acids is 1. The van der Waals surface area contributed by atoms with Crippen molar-refractivity contribution in [2.24, 2.45) is 0 Å². The third kappa shape index (κ3) is 4.90. The normalized spacial score (nSPS) is 11.7. The van der Waals surface area contributed by atoms with Crippen LogP contribution in [0.5, 0.6) is 0 Å². The molecule has 0 fully saturated rings. The predicted molar refractivity (Wildman–Crippen MR) is 73.5 cm³/mol. The van der Waals surface area contributed by atoms with Crippen LogP contribution in [0, 0.1) is 0 Å². The van der Waals surface area contributed by atoms with Gasteiger partial charge in [-0.1, -0.05) is 6.07 Å². The van der Waals surface area contributed by atoms with Gasteiger partial charge in [-0.25, -0.2) is 12.7 Å². The van der Waals surface area contributed by atoms with Crippen LogP contribution in [-0.2, 0) is 14.8 Å². The Morgan fingerprint density at radius 1 is 1.53 bits per heavy atom. The number of hydrogen-bond donors (Lipinski definition) is 2. The molecule has 1 aromatic heterocycles. The Hall–Kier alpha value is -0.960. The van der Waals surface area contributed by atoms with Crippen LogP contribution in [0.3, 0.4) is 0 Å². The summed E-state index contributed by atoms with van der Waals surface area (Å²) in [4.78, 5) is 11.3. The maximum atomic E-state index is 12.0. The molecule has 0 atom stereocenters. The van der Waals surface area contributed by atoms with Crippen LogP contribution in [0.4, 0.5) is 0 Å². The van der Waals surface area contributed by atoms with Crippen molar-refractivity contribution in [1.82, 2.24) is 9.62 Å². The Labute approximate surface area is 117 Å². The van der Waals surface area contributed by atoms with E-state index in [1.807, 2.05) is 0 Å². The van der Waals surface area contributed by atoms with Crippen molar-refractivity contribution >= 4 is 27.3 Å². The molecule has 0 unspecified atom stereocenters. The van der Waals surface area contributed by atoms with Crippen LogP contribution in [0.15, 0.2) is 21.7 Å². The number of nitrogens with zero attached hydrogens (tertiary/aromatic N) is 1. The summed E-state index contributed by atoms with van der Waals surface area (Å²) in [7, 11) is -1.93. The highest BCUT2D eigenvalue weighted by Gasteiger charge is 2.21. The molecule has 0 radical (unpaired) electrons. The Kier molecular flexibility index (Phi) is 6.43. The molecule has 8 heteroatoms. The highest BCUT2D eigenvalue weighted by molar-refractivity contribution is 7.91. The molecule has 0 saturated carbocycles. The van der Waals surface area contributed by atoms with E-state index in [1.54, 1.807) is 17.5 Å². The van der Waals surface area contributed by atoms with Crippen LogP contribution in [0.1, 0.15) is 12.8 Å². The van der Waals surface area contributed by atoms with Gasteiger partial charge in [-0.15, -0.1) is 11.3 Å². The first-order valence-corrected chi connectivity index (χ1v) is 8.18. The van der Waals surface area contributed by atoms with E-state index < -0.39 is 10.0 Å². The molecule has 2 N–H and O–H groups in total. The van der Waals surface area contributed by atoms with Crippen LogP contribution >= 0.6 is 11.3 Å². The maximum Gasteiger partial charge on any atom is 0.252 e. The molecule has 0 spiro atoms. The third-order valence-electron chi connectivity index (χ3n) is 2.47. The van der Waals surface area contributed by atoms with E-state index in [0.717, 1.165) is 0 Å². The standard InChI is InChI=1S/C11H18N2O4S2/c1-13(7-2-4-10(15)12-6-8-14)19(16,17)11-5-3-9-18-11/h3,5,9,14H,2,4,6-8H2,1H3,(H,12,15). The van der Waals surface area contributed by atoms with Crippen molar-refractivity contribution in [3.63, 3.8) is 0 Å². The van der Waals surface area contributed by atoms with E-state index in [-0.39, 0.29) is 32.0 Å². The van der Waals surface area contributed by atoms with E-state index in [2.05, 4.69) is 5.32 Å². The van der Waals surface area contributed by atoms with E-state index in [0.29, 0.717) is 10.6 Å².